The summed E-state index contributed by atoms with van der Waals surface area (Å²) in [4.78, 5) is 25.1. The van der Waals surface area contributed by atoms with Crippen molar-refractivity contribution in [3.63, 3.8) is 0 Å². The molecule has 9 heteroatoms. The van der Waals surface area contributed by atoms with Gasteiger partial charge in [0.15, 0.2) is 11.5 Å². The van der Waals surface area contributed by atoms with Crippen LogP contribution in [0.5, 0.6) is 11.5 Å². The second kappa shape index (κ2) is 10.1. The molecule has 6 nitrogen and oxygen atoms in total. The molecule has 2 aromatic carbocycles. The minimum atomic E-state index is -0.640. The molecule has 0 bridgehead atoms. The van der Waals surface area contributed by atoms with Crippen molar-refractivity contribution in [3.8, 4) is 17.6 Å². The fourth-order valence-corrected chi connectivity index (χ4v) is 3.55. The lowest BCUT2D eigenvalue weighted by Crippen LogP contribution is -2.13. The summed E-state index contributed by atoms with van der Waals surface area (Å²) in [5.41, 5.74) is 0.670. The van der Waals surface area contributed by atoms with Crippen LogP contribution in [0.3, 0.4) is 0 Å². The Morgan fingerprint density at radius 1 is 1.13 bits per heavy atom. The van der Waals surface area contributed by atoms with E-state index in [9.17, 15) is 14.9 Å². The first-order valence-corrected chi connectivity index (χ1v) is 10.4. The third kappa shape index (κ3) is 5.64. The molecule has 0 aliphatic heterocycles. The van der Waals surface area contributed by atoms with Gasteiger partial charge in [0.05, 0.1) is 17.8 Å². The number of hydrogen-bond acceptors (Lipinski definition) is 6. The highest BCUT2D eigenvalue weighted by Gasteiger charge is 2.15. The number of nitriles is 1. The number of methoxy groups -OCH3 is 1. The molecule has 3 aromatic rings. The lowest BCUT2D eigenvalue weighted by molar-refractivity contribution is -0.112. The van der Waals surface area contributed by atoms with Crippen LogP contribution in [0, 0.1) is 11.3 Å². The molecule has 3 rings (SSSR count). The summed E-state index contributed by atoms with van der Waals surface area (Å²) in [5, 5.41) is 14.4. The maximum Gasteiger partial charge on any atom is 0.353 e. The predicted molar refractivity (Wildman–Crippen MR) is 121 cm³/mol. The molecule has 1 amide bonds. The van der Waals surface area contributed by atoms with Crippen molar-refractivity contribution in [2.24, 2.45) is 0 Å². The van der Waals surface area contributed by atoms with Crippen molar-refractivity contribution < 1.29 is 19.1 Å². The molecular formula is C22H14Cl2N2O4S. The number of anilines is 1. The summed E-state index contributed by atoms with van der Waals surface area (Å²) >= 11 is 13.2. The molecule has 0 aliphatic carbocycles. The number of amides is 1. The minimum Gasteiger partial charge on any atom is -0.493 e. The van der Waals surface area contributed by atoms with Gasteiger partial charge in [-0.2, -0.15) is 5.26 Å². The average molecular weight is 473 g/mol. The van der Waals surface area contributed by atoms with Crippen molar-refractivity contribution in [1.29, 1.82) is 5.26 Å². The lowest BCUT2D eigenvalue weighted by atomic mass is 10.1. The largest absolute Gasteiger partial charge is 0.493 e. The average Bonchev–Trinajstić information content (AvgIpc) is 3.30. The summed E-state index contributed by atoms with van der Waals surface area (Å²) in [6.45, 7) is 0. The van der Waals surface area contributed by atoms with Gasteiger partial charge in [-0.3, -0.25) is 4.79 Å². The van der Waals surface area contributed by atoms with Gasteiger partial charge in [-0.15, -0.1) is 11.3 Å². The fraction of sp³-hybridized carbons (Fsp3) is 0.0455. The van der Waals surface area contributed by atoms with E-state index in [4.69, 9.17) is 32.7 Å². The van der Waals surface area contributed by atoms with E-state index in [0.29, 0.717) is 21.2 Å². The molecular weight excluding hydrogens is 459 g/mol. The third-order valence-electron chi connectivity index (χ3n) is 3.97. The molecule has 156 valence electrons. The molecule has 1 N–H and O–H groups in total. The van der Waals surface area contributed by atoms with Crippen molar-refractivity contribution in [3.05, 3.63) is 80.0 Å². The van der Waals surface area contributed by atoms with Crippen molar-refractivity contribution in [1.82, 2.24) is 0 Å². The van der Waals surface area contributed by atoms with Crippen LogP contribution in [0.25, 0.3) is 6.08 Å². The molecule has 0 spiro atoms. The summed E-state index contributed by atoms with van der Waals surface area (Å²) in [6.07, 6.45) is 1.38. The lowest BCUT2D eigenvalue weighted by Gasteiger charge is -2.10. The molecule has 0 aliphatic rings. The van der Waals surface area contributed by atoms with Gasteiger partial charge in [0.25, 0.3) is 5.91 Å². The Morgan fingerprint density at radius 3 is 2.58 bits per heavy atom. The van der Waals surface area contributed by atoms with Crippen LogP contribution in [0.1, 0.15) is 15.2 Å². The molecule has 31 heavy (non-hydrogen) atoms. The highest BCUT2D eigenvalue weighted by molar-refractivity contribution is 7.12. The highest BCUT2D eigenvalue weighted by atomic mass is 35.5. The Morgan fingerprint density at radius 2 is 1.94 bits per heavy atom. The maximum absolute atomic E-state index is 12.5. The van der Waals surface area contributed by atoms with Crippen LogP contribution < -0.4 is 14.8 Å². The number of hydrogen-bond donors (Lipinski definition) is 1. The number of halogens is 2. The van der Waals surface area contributed by atoms with E-state index >= 15 is 0 Å². The first kappa shape index (κ1) is 22.4. The summed E-state index contributed by atoms with van der Waals surface area (Å²) in [6, 6.07) is 14.5. The van der Waals surface area contributed by atoms with Crippen LogP contribution in [-0.4, -0.2) is 19.0 Å². The zero-order valence-electron chi connectivity index (χ0n) is 16.0. The molecule has 0 unspecified atom stereocenters. The SMILES string of the molecule is COc1cc(/C=C(\C#N)C(=O)Nc2ccc(Cl)cc2Cl)ccc1OC(=O)c1cccs1. The highest BCUT2D eigenvalue weighted by Crippen LogP contribution is 2.30. The van der Waals surface area contributed by atoms with E-state index in [1.54, 1.807) is 35.7 Å². The zero-order valence-corrected chi connectivity index (χ0v) is 18.3. The van der Waals surface area contributed by atoms with E-state index < -0.39 is 11.9 Å². The standard InChI is InChI=1S/C22H14Cl2N2O4S/c1-29-19-10-13(4-7-18(19)30-22(28)20-3-2-8-31-20)9-14(12-25)21(27)26-17-6-5-15(23)11-16(17)24/h2-11H,1H3,(H,26,27)/b14-9+. The monoisotopic (exact) mass is 472 g/mol. The quantitative estimate of drug-likeness (QED) is 0.211. The third-order valence-corrected chi connectivity index (χ3v) is 5.37. The number of esters is 1. The Bertz CT molecular complexity index is 1200. The van der Waals surface area contributed by atoms with E-state index in [-0.39, 0.29) is 22.1 Å². The van der Waals surface area contributed by atoms with Crippen LogP contribution in [0.15, 0.2) is 59.5 Å². The van der Waals surface area contributed by atoms with E-state index in [1.165, 1.54) is 42.7 Å². The van der Waals surface area contributed by atoms with Gasteiger partial charge in [0.1, 0.15) is 16.5 Å². The van der Waals surface area contributed by atoms with Crippen LogP contribution in [0.4, 0.5) is 5.69 Å². The Labute approximate surface area is 192 Å². The van der Waals surface area contributed by atoms with Gasteiger partial charge in [0.2, 0.25) is 0 Å². The van der Waals surface area contributed by atoms with E-state index in [1.807, 2.05) is 6.07 Å². The van der Waals surface area contributed by atoms with Crippen LogP contribution in [-0.2, 0) is 4.79 Å². The Balaban J connectivity index is 1.81. The second-order valence-corrected chi connectivity index (χ2v) is 7.82. The molecule has 0 radical (unpaired) electrons. The smallest absolute Gasteiger partial charge is 0.353 e. The first-order valence-electron chi connectivity index (χ1n) is 8.73. The van der Waals surface area contributed by atoms with E-state index in [2.05, 4.69) is 5.32 Å². The number of ether oxygens (including phenoxy) is 2. The number of nitrogens with zero attached hydrogens (tertiary/aromatic N) is 1. The number of benzene rings is 2. The van der Waals surface area contributed by atoms with Crippen LogP contribution in [0.2, 0.25) is 10.0 Å². The summed E-state index contributed by atoms with van der Waals surface area (Å²) < 4.78 is 10.7. The number of rotatable bonds is 6. The molecule has 0 atom stereocenters. The molecule has 0 saturated heterocycles. The van der Waals surface area contributed by atoms with Crippen LogP contribution >= 0.6 is 34.5 Å². The number of nitrogens with one attached hydrogen (secondary N) is 1. The maximum atomic E-state index is 12.5. The summed E-state index contributed by atoms with van der Waals surface area (Å²) in [7, 11) is 1.42. The second-order valence-electron chi connectivity index (χ2n) is 6.03. The molecule has 1 heterocycles. The number of thiophene rings is 1. The molecule has 0 saturated carbocycles. The van der Waals surface area contributed by atoms with Gasteiger partial charge in [-0.1, -0.05) is 35.3 Å². The molecule has 1 aromatic heterocycles. The van der Waals surface area contributed by atoms with Crippen molar-refractivity contribution in [2.75, 3.05) is 12.4 Å². The zero-order chi connectivity index (χ0) is 22.4. The first-order chi connectivity index (χ1) is 14.9. The normalized spacial score (nSPS) is 10.8. The minimum absolute atomic E-state index is 0.156. The van der Waals surface area contributed by atoms with Gasteiger partial charge in [0, 0.05) is 5.02 Å². The fourth-order valence-electron chi connectivity index (χ4n) is 2.50. The Kier molecular flexibility index (Phi) is 7.32. The van der Waals surface area contributed by atoms with Gasteiger partial charge in [-0.25, -0.2) is 4.79 Å². The van der Waals surface area contributed by atoms with Gasteiger partial charge < -0.3 is 14.8 Å². The predicted octanol–water partition coefficient (Wildman–Crippen LogP) is 5.83. The van der Waals surface area contributed by atoms with E-state index in [0.717, 1.165) is 0 Å². The van der Waals surface area contributed by atoms with Crippen molar-refractivity contribution in [2.45, 2.75) is 0 Å². The topological polar surface area (TPSA) is 88.4 Å². The van der Waals surface area contributed by atoms with Crippen molar-refractivity contribution >= 4 is 58.2 Å². The van der Waals surface area contributed by atoms with Gasteiger partial charge >= 0.3 is 5.97 Å². The number of carbonyl (C=O) groups is 2. The summed E-state index contributed by atoms with van der Waals surface area (Å²) in [5.74, 6) is -0.654. The Hall–Kier alpha value is -3.31. The number of carbonyl (C=O) groups excluding carboxylic acids is 2. The molecule has 0 fully saturated rings. The van der Waals surface area contributed by atoms with Gasteiger partial charge in [-0.05, 0) is 53.4 Å².